The molecule has 1 amide bonds. The minimum atomic E-state index is -3.14. The minimum absolute atomic E-state index is 0.0694. The van der Waals surface area contributed by atoms with Crippen molar-refractivity contribution >= 4 is 15.9 Å². The van der Waals surface area contributed by atoms with Crippen molar-refractivity contribution < 1.29 is 17.9 Å². The van der Waals surface area contributed by atoms with E-state index in [1.54, 1.807) is 11.8 Å². The molecular formula is C10H20N2O4S. The molecule has 1 atom stereocenters. The van der Waals surface area contributed by atoms with Gasteiger partial charge in [0.25, 0.3) is 5.91 Å². The fourth-order valence-electron chi connectivity index (χ4n) is 1.82. The highest BCUT2D eigenvalue weighted by Gasteiger charge is 2.28. The van der Waals surface area contributed by atoms with Crippen molar-refractivity contribution in [1.29, 1.82) is 0 Å². The van der Waals surface area contributed by atoms with Gasteiger partial charge in [-0.25, -0.2) is 8.42 Å². The highest BCUT2D eigenvalue weighted by Crippen LogP contribution is 2.08. The van der Waals surface area contributed by atoms with Crippen molar-refractivity contribution in [3.8, 4) is 0 Å². The van der Waals surface area contributed by atoms with E-state index < -0.39 is 16.1 Å². The molecule has 0 saturated carbocycles. The molecule has 100 valence electrons. The molecule has 1 fully saturated rings. The van der Waals surface area contributed by atoms with Crippen LogP contribution < -0.4 is 0 Å². The van der Waals surface area contributed by atoms with Gasteiger partial charge in [-0.1, -0.05) is 0 Å². The Morgan fingerprint density at radius 1 is 1.29 bits per heavy atom. The van der Waals surface area contributed by atoms with Crippen LogP contribution >= 0.6 is 0 Å². The van der Waals surface area contributed by atoms with Crippen LogP contribution in [0.3, 0.4) is 0 Å². The highest BCUT2D eigenvalue weighted by atomic mass is 32.2. The average Bonchev–Trinajstić information content (AvgIpc) is 2.27. The number of carbonyl (C=O) groups is 1. The molecule has 0 N–H and O–H groups in total. The fraction of sp³-hybridized carbons (Fsp3) is 0.900. The first-order valence-corrected chi connectivity index (χ1v) is 7.56. The quantitative estimate of drug-likeness (QED) is 0.687. The molecule has 0 radical (unpaired) electrons. The number of piperazine rings is 1. The van der Waals surface area contributed by atoms with E-state index in [2.05, 4.69) is 0 Å². The first-order valence-electron chi connectivity index (χ1n) is 5.71. The maximum atomic E-state index is 11.9. The highest BCUT2D eigenvalue weighted by molar-refractivity contribution is 7.88. The first kappa shape index (κ1) is 14.4. The van der Waals surface area contributed by atoms with Crippen LogP contribution in [0.5, 0.6) is 0 Å². The summed E-state index contributed by atoms with van der Waals surface area (Å²) < 4.78 is 29.2. The molecule has 1 aliphatic rings. The molecule has 17 heavy (non-hydrogen) atoms. The number of sulfonamides is 1. The SMILES string of the molecule is CCO[C@H](C)C(=O)N1CCN(S(C)(=O)=O)CC1. The molecule has 6 nitrogen and oxygen atoms in total. The second-order valence-electron chi connectivity index (χ2n) is 4.08. The Bertz CT molecular complexity index is 361. The number of rotatable bonds is 4. The second kappa shape index (κ2) is 5.79. The molecule has 7 heteroatoms. The number of carbonyl (C=O) groups excluding carboxylic acids is 1. The Hall–Kier alpha value is -0.660. The fourth-order valence-corrected chi connectivity index (χ4v) is 2.65. The monoisotopic (exact) mass is 264 g/mol. The van der Waals surface area contributed by atoms with Gasteiger partial charge in [0.2, 0.25) is 10.0 Å². The number of ether oxygens (including phenoxy) is 1. The van der Waals surface area contributed by atoms with Gasteiger partial charge in [-0.3, -0.25) is 4.79 Å². The van der Waals surface area contributed by atoms with Gasteiger partial charge in [-0.2, -0.15) is 4.31 Å². The van der Waals surface area contributed by atoms with E-state index in [1.165, 1.54) is 10.6 Å². The van der Waals surface area contributed by atoms with Crippen molar-refractivity contribution in [1.82, 2.24) is 9.21 Å². The normalized spacial score (nSPS) is 20.3. The molecule has 1 rings (SSSR count). The molecule has 1 heterocycles. The minimum Gasteiger partial charge on any atom is -0.369 e. The first-order chi connectivity index (χ1) is 7.86. The second-order valence-corrected chi connectivity index (χ2v) is 6.07. The lowest BCUT2D eigenvalue weighted by Gasteiger charge is -2.34. The van der Waals surface area contributed by atoms with Gasteiger partial charge in [0.15, 0.2) is 0 Å². The van der Waals surface area contributed by atoms with Crippen LogP contribution in [-0.2, 0) is 19.6 Å². The van der Waals surface area contributed by atoms with Gasteiger partial charge in [0.05, 0.1) is 6.26 Å². The third-order valence-corrected chi connectivity index (χ3v) is 4.09. The van der Waals surface area contributed by atoms with Crippen molar-refractivity contribution in [2.45, 2.75) is 20.0 Å². The van der Waals surface area contributed by atoms with Gasteiger partial charge in [0.1, 0.15) is 6.10 Å². The molecule has 1 saturated heterocycles. The summed E-state index contributed by atoms with van der Waals surface area (Å²) in [6.07, 6.45) is 0.734. The number of hydrogen-bond donors (Lipinski definition) is 0. The predicted octanol–water partition coefficient (Wildman–Crippen LogP) is -0.485. The van der Waals surface area contributed by atoms with Crippen LogP contribution in [0.2, 0.25) is 0 Å². The third-order valence-electron chi connectivity index (χ3n) is 2.78. The zero-order valence-electron chi connectivity index (χ0n) is 10.5. The molecule has 0 spiro atoms. The Morgan fingerprint density at radius 3 is 2.24 bits per heavy atom. The zero-order valence-corrected chi connectivity index (χ0v) is 11.4. The van der Waals surface area contributed by atoms with Crippen molar-refractivity contribution in [3.63, 3.8) is 0 Å². The van der Waals surface area contributed by atoms with E-state index >= 15 is 0 Å². The summed E-state index contributed by atoms with van der Waals surface area (Å²) >= 11 is 0. The van der Waals surface area contributed by atoms with Crippen LogP contribution in [0.15, 0.2) is 0 Å². The van der Waals surface area contributed by atoms with E-state index in [0.717, 1.165) is 0 Å². The molecule has 0 aromatic heterocycles. The molecular weight excluding hydrogens is 244 g/mol. The lowest BCUT2D eigenvalue weighted by Crippen LogP contribution is -2.52. The van der Waals surface area contributed by atoms with Crippen LogP contribution in [0.4, 0.5) is 0 Å². The summed E-state index contributed by atoms with van der Waals surface area (Å²) in [5, 5.41) is 0. The van der Waals surface area contributed by atoms with Crippen LogP contribution in [0, 0.1) is 0 Å². The zero-order chi connectivity index (χ0) is 13.1. The summed E-state index contributed by atoms with van der Waals surface area (Å²) in [6, 6.07) is 0. The largest absolute Gasteiger partial charge is 0.369 e. The molecule has 0 aliphatic carbocycles. The average molecular weight is 264 g/mol. The third kappa shape index (κ3) is 3.93. The summed E-state index contributed by atoms with van der Waals surface area (Å²) in [5.41, 5.74) is 0. The molecule has 1 aliphatic heterocycles. The Labute approximate surface area is 103 Å². The summed E-state index contributed by atoms with van der Waals surface area (Å²) in [7, 11) is -3.14. The van der Waals surface area contributed by atoms with E-state index in [-0.39, 0.29) is 5.91 Å². The topological polar surface area (TPSA) is 66.9 Å². The smallest absolute Gasteiger partial charge is 0.251 e. The number of nitrogens with zero attached hydrogens (tertiary/aromatic N) is 2. The maximum absolute atomic E-state index is 11.9. The molecule has 0 bridgehead atoms. The number of hydrogen-bond acceptors (Lipinski definition) is 4. The lowest BCUT2D eigenvalue weighted by atomic mass is 10.3. The van der Waals surface area contributed by atoms with E-state index in [4.69, 9.17) is 4.74 Å². The van der Waals surface area contributed by atoms with Crippen molar-refractivity contribution in [2.75, 3.05) is 39.0 Å². The van der Waals surface area contributed by atoms with Crippen LogP contribution in [0.1, 0.15) is 13.8 Å². The van der Waals surface area contributed by atoms with E-state index in [1.807, 2.05) is 6.92 Å². The number of amides is 1. The Balaban J connectivity index is 2.49. The van der Waals surface area contributed by atoms with Crippen LogP contribution in [0.25, 0.3) is 0 Å². The van der Waals surface area contributed by atoms with Gasteiger partial charge in [-0.15, -0.1) is 0 Å². The van der Waals surface area contributed by atoms with Gasteiger partial charge >= 0.3 is 0 Å². The summed E-state index contributed by atoms with van der Waals surface area (Å²) in [5.74, 6) is -0.0694. The summed E-state index contributed by atoms with van der Waals surface area (Å²) in [6.45, 7) is 5.65. The van der Waals surface area contributed by atoms with Crippen LogP contribution in [-0.4, -0.2) is 68.7 Å². The van der Waals surface area contributed by atoms with Gasteiger partial charge in [0, 0.05) is 32.8 Å². The van der Waals surface area contributed by atoms with Gasteiger partial charge in [-0.05, 0) is 13.8 Å². The lowest BCUT2D eigenvalue weighted by molar-refractivity contribution is -0.143. The van der Waals surface area contributed by atoms with E-state index in [0.29, 0.717) is 32.8 Å². The molecule has 0 aromatic rings. The Morgan fingerprint density at radius 2 is 1.82 bits per heavy atom. The predicted molar refractivity (Wildman–Crippen MR) is 64.1 cm³/mol. The molecule has 0 unspecified atom stereocenters. The Kier molecular flexibility index (Phi) is 4.91. The van der Waals surface area contributed by atoms with E-state index in [9.17, 15) is 13.2 Å². The standard InChI is InChI=1S/C10H20N2O4S/c1-4-16-9(2)10(13)11-5-7-12(8-6-11)17(3,14)15/h9H,4-8H2,1-3H3/t9-/m1/s1. The molecule has 0 aromatic carbocycles. The maximum Gasteiger partial charge on any atom is 0.251 e. The van der Waals surface area contributed by atoms with Crippen molar-refractivity contribution in [2.24, 2.45) is 0 Å². The summed E-state index contributed by atoms with van der Waals surface area (Å²) in [4.78, 5) is 13.5. The van der Waals surface area contributed by atoms with Gasteiger partial charge < -0.3 is 9.64 Å². The van der Waals surface area contributed by atoms with Crippen molar-refractivity contribution in [3.05, 3.63) is 0 Å².